The molecule has 0 saturated carbocycles. The van der Waals surface area contributed by atoms with Gasteiger partial charge in [0.25, 0.3) is 0 Å². The minimum atomic E-state index is -3.38. The Morgan fingerprint density at radius 2 is 1.64 bits per heavy atom. The highest BCUT2D eigenvalue weighted by Gasteiger charge is 2.26. The topological polar surface area (TPSA) is 69.7 Å². The normalized spacial score (nSPS) is 16.8. The van der Waals surface area contributed by atoms with Crippen LogP contribution in [0.4, 0.5) is 5.69 Å². The molecule has 1 aliphatic rings. The van der Waals surface area contributed by atoms with Crippen molar-refractivity contribution in [1.29, 1.82) is 0 Å². The number of carbonyl (C=O) groups excluding carboxylic acids is 1. The number of para-hydroxylation sites is 1. The van der Waals surface area contributed by atoms with Crippen molar-refractivity contribution in [3.8, 4) is 0 Å². The lowest BCUT2D eigenvalue weighted by atomic mass is 10.0. The number of hydrogen-bond donors (Lipinski definition) is 1. The van der Waals surface area contributed by atoms with E-state index in [0.717, 1.165) is 42.7 Å². The molecule has 1 amide bonds. The molecular formula is C18H29N3O3S. The lowest BCUT2D eigenvalue weighted by Gasteiger charge is -2.31. The fourth-order valence-electron chi connectivity index (χ4n) is 3.02. The predicted octanol–water partition coefficient (Wildman–Crippen LogP) is 1.72. The summed E-state index contributed by atoms with van der Waals surface area (Å²) in [5, 5.41) is 2.93. The lowest BCUT2D eigenvalue weighted by molar-refractivity contribution is -0.115. The van der Waals surface area contributed by atoms with Crippen molar-refractivity contribution in [2.45, 2.75) is 33.1 Å². The SMILES string of the molecule is CCc1cccc(CC)c1NC(=O)CCS(=O)(=O)N1CCN(C)CC1. The van der Waals surface area contributed by atoms with Crippen molar-refractivity contribution >= 4 is 21.6 Å². The van der Waals surface area contributed by atoms with Crippen molar-refractivity contribution in [3.05, 3.63) is 29.3 Å². The number of likely N-dealkylation sites (N-methyl/N-ethyl adjacent to an activating group) is 1. The largest absolute Gasteiger partial charge is 0.326 e. The molecule has 0 radical (unpaired) electrons. The van der Waals surface area contributed by atoms with Gasteiger partial charge in [-0.1, -0.05) is 32.0 Å². The van der Waals surface area contributed by atoms with Crippen LogP contribution in [0.15, 0.2) is 18.2 Å². The average Bonchev–Trinajstić information content (AvgIpc) is 2.60. The molecule has 6 nitrogen and oxygen atoms in total. The van der Waals surface area contributed by atoms with E-state index in [4.69, 9.17) is 0 Å². The second-order valence-electron chi connectivity index (χ2n) is 6.47. The fraction of sp³-hybridized carbons (Fsp3) is 0.611. The van der Waals surface area contributed by atoms with Gasteiger partial charge in [-0.25, -0.2) is 8.42 Å². The van der Waals surface area contributed by atoms with E-state index in [1.807, 2.05) is 39.1 Å². The number of nitrogens with one attached hydrogen (secondary N) is 1. The third-order valence-electron chi connectivity index (χ3n) is 4.71. The maximum atomic E-state index is 12.4. The highest BCUT2D eigenvalue weighted by Crippen LogP contribution is 2.23. The van der Waals surface area contributed by atoms with Crippen LogP contribution in [0.5, 0.6) is 0 Å². The Morgan fingerprint density at radius 1 is 1.08 bits per heavy atom. The quantitative estimate of drug-likeness (QED) is 0.797. The first-order chi connectivity index (χ1) is 11.9. The Balaban J connectivity index is 1.97. The molecule has 1 aromatic carbocycles. The number of hydrogen-bond acceptors (Lipinski definition) is 4. The van der Waals surface area contributed by atoms with Crippen LogP contribution in [0.2, 0.25) is 0 Å². The highest BCUT2D eigenvalue weighted by molar-refractivity contribution is 7.89. The van der Waals surface area contributed by atoms with Gasteiger partial charge in [0.2, 0.25) is 15.9 Å². The fourth-order valence-corrected chi connectivity index (χ4v) is 4.44. The van der Waals surface area contributed by atoms with Crippen LogP contribution in [0.25, 0.3) is 0 Å². The van der Waals surface area contributed by atoms with E-state index in [0.29, 0.717) is 13.1 Å². The van der Waals surface area contributed by atoms with Crippen molar-refractivity contribution < 1.29 is 13.2 Å². The standard InChI is InChI=1S/C18H29N3O3S/c1-4-15-7-6-8-16(5-2)18(15)19-17(22)9-14-25(23,24)21-12-10-20(3)11-13-21/h6-8H,4-5,9-14H2,1-3H3,(H,19,22). The number of carbonyl (C=O) groups is 1. The van der Waals surface area contributed by atoms with Gasteiger partial charge in [0.15, 0.2) is 0 Å². The van der Waals surface area contributed by atoms with Crippen molar-refractivity contribution in [2.75, 3.05) is 44.3 Å². The molecule has 1 heterocycles. The Hall–Kier alpha value is -1.44. The van der Waals surface area contributed by atoms with Gasteiger partial charge in [-0.3, -0.25) is 4.79 Å². The van der Waals surface area contributed by atoms with Crippen LogP contribution in [0, 0.1) is 0 Å². The molecule has 0 aliphatic carbocycles. The molecule has 1 saturated heterocycles. The summed E-state index contributed by atoms with van der Waals surface area (Å²) < 4.78 is 26.3. The van der Waals surface area contributed by atoms with Gasteiger partial charge < -0.3 is 10.2 Å². The van der Waals surface area contributed by atoms with Crippen LogP contribution in [-0.2, 0) is 27.7 Å². The first-order valence-corrected chi connectivity index (χ1v) is 10.5. The minimum Gasteiger partial charge on any atom is -0.326 e. The second kappa shape index (κ2) is 8.78. The van der Waals surface area contributed by atoms with Crippen LogP contribution in [-0.4, -0.2) is 62.5 Å². The van der Waals surface area contributed by atoms with Crippen molar-refractivity contribution in [1.82, 2.24) is 9.21 Å². The summed E-state index contributed by atoms with van der Waals surface area (Å²) >= 11 is 0. The molecule has 2 rings (SSSR count). The molecule has 0 atom stereocenters. The molecule has 7 heteroatoms. The Morgan fingerprint density at radius 3 is 2.16 bits per heavy atom. The van der Waals surface area contributed by atoms with Crippen molar-refractivity contribution in [2.24, 2.45) is 0 Å². The number of benzene rings is 1. The van der Waals surface area contributed by atoms with E-state index >= 15 is 0 Å². The molecule has 0 spiro atoms. The summed E-state index contributed by atoms with van der Waals surface area (Å²) in [5.74, 6) is -0.383. The number of sulfonamides is 1. The lowest BCUT2D eigenvalue weighted by Crippen LogP contribution is -2.48. The number of amides is 1. The number of anilines is 1. The molecule has 1 N–H and O–H groups in total. The maximum Gasteiger partial charge on any atom is 0.225 e. The van der Waals surface area contributed by atoms with Crippen LogP contribution >= 0.6 is 0 Å². The van der Waals surface area contributed by atoms with E-state index in [1.165, 1.54) is 4.31 Å². The molecule has 0 aromatic heterocycles. The van der Waals surface area contributed by atoms with Gasteiger partial charge in [0.05, 0.1) is 5.75 Å². The van der Waals surface area contributed by atoms with E-state index in [1.54, 1.807) is 0 Å². The molecule has 1 aromatic rings. The van der Waals surface area contributed by atoms with Crippen LogP contribution in [0.1, 0.15) is 31.4 Å². The monoisotopic (exact) mass is 367 g/mol. The van der Waals surface area contributed by atoms with Gasteiger partial charge in [-0.2, -0.15) is 4.31 Å². The molecular weight excluding hydrogens is 338 g/mol. The van der Waals surface area contributed by atoms with E-state index < -0.39 is 10.0 Å². The molecule has 0 unspecified atom stereocenters. The Labute approximate surface area is 151 Å². The molecule has 0 bridgehead atoms. The van der Waals surface area contributed by atoms with E-state index in [2.05, 4.69) is 10.2 Å². The van der Waals surface area contributed by atoms with Crippen LogP contribution < -0.4 is 5.32 Å². The summed E-state index contributed by atoms with van der Waals surface area (Å²) in [5.41, 5.74) is 3.00. The maximum absolute atomic E-state index is 12.4. The van der Waals surface area contributed by atoms with E-state index in [-0.39, 0.29) is 18.1 Å². The third kappa shape index (κ3) is 5.26. The molecule has 1 aliphatic heterocycles. The third-order valence-corrected chi connectivity index (χ3v) is 6.58. The summed E-state index contributed by atoms with van der Waals surface area (Å²) in [6.07, 6.45) is 1.63. The first-order valence-electron chi connectivity index (χ1n) is 8.94. The van der Waals surface area contributed by atoms with Gasteiger partial charge in [0, 0.05) is 38.3 Å². The Bertz CT molecular complexity index is 673. The van der Waals surface area contributed by atoms with Crippen molar-refractivity contribution in [3.63, 3.8) is 0 Å². The van der Waals surface area contributed by atoms with Gasteiger partial charge >= 0.3 is 0 Å². The summed E-state index contributed by atoms with van der Waals surface area (Å²) in [7, 11) is -1.40. The number of piperazine rings is 1. The van der Waals surface area contributed by atoms with Gasteiger partial charge in [0.1, 0.15) is 0 Å². The average molecular weight is 368 g/mol. The highest BCUT2D eigenvalue weighted by atomic mass is 32.2. The number of aryl methyl sites for hydroxylation is 2. The number of nitrogens with zero attached hydrogens (tertiary/aromatic N) is 2. The molecule has 25 heavy (non-hydrogen) atoms. The molecule has 1 fully saturated rings. The smallest absolute Gasteiger partial charge is 0.225 e. The van der Waals surface area contributed by atoms with Crippen LogP contribution in [0.3, 0.4) is 0 Å². The zero-order valence-corrected chi connectivity index (χ0v) is 16.2. The predicted molar refractivity (Wildman–Crippen MR) is 101 cm³/mol. The van der Waals surface area contributed by atoms with Gasteiger partial charge in [-0.05, 0) is 31.0 Å². The molecule has 140 valence electrons. The summed E-state index contributed by atoms with van der Waals surface area (Å²) in [6, 6.07) is 5.98. The zero-order valence-electron chi connectivity index (χ0n) is 15.4. The first kappa shape index (κ1) is 19.9. The zero-order chi connectivity index (χ0) is 18.4. The Kier molecular flexibility index (Phi) is 6.98. The van der Waals surface area contributed by atoms with Gasteiger partial charge in [-0.15, -0.1) is 0 Å². The second-order valence-corrected chi connectivity index (χ2v) is 8.56. The summed E-state index contributed by atoms with van der Waals surface area (Å²) in [4.78, 5) is 14.4. The number of rotatable bonds is 7. The van der Waals surface area contributed by atoms with E-state index in [9.17, 15) is 13.2 Å². The summed E-state index contributed by atoms with van der Waals surface area (Å²) in [6.45, 7) is 6.55. The minimum absolute atomic E-state index is 0.0180.